The number of fused-ring (bicyclic) bond motifs is 1. The van der Waals surface area contributed by atoms with E-state index in [-0.39, 0.29) is 12.3 Å². The third-order valence-corrected chi connectivity index (χ3v) is 4.39. The number of aromatic nitrogens is 5. The van der Waals surface area contributed by atoms with Crippen LogP contribution in [0.4, 0.5) is 0 Å². The summed E-state index contributed by atoms with van der Waals surface area (Å²) in [5.74, 6) is -0.242. The monoisotopic (exact) mass is 401 g/mol. The number of benzene rings is 1. The second-order valence-electron chi connectivity index (χ2n) is 6.70. The summed E-state index contributed by atoms with van der Waals surface area (Å²) in [6.07, 6.45) is 2.80. The molecule has 9 heteroatoms. The minimum atomic E-state index is -0.631. The highest BCUT2D eigenvalue weighted by Gasteiger charge is 2.13. The van der Waals surface area contributed by atoms with Gasteiger partial charge in [-0.3, -0.25) is 9.48 Å². The predicted molar refractivity (Wildman–Crippen MR) is 106 cm³/mol. The van der Waals surface area contributed by atoms with Crippen LogP contribution in [0.2, 0.25) is 5.15 Å². The zero-order chi connectivity index (χ0) is 20.3. The van der Waals surface area contributed by atoms with Crippen LogP contribution in [-0.2, 0) is 22.8 Å². The highest BCUT2D eigenvalue weighted by atomic mass is 35.5. The summed E-state index contributed by atoms with van der Waals surface area (Å²) in [6, 6.07) is 6.83. The van der Waals surface area contributed by atoms with Gasteiger partial charge in [0.15, 0.2) is 6.73 Å². The molecule has 3 aromatic rings. The van der Waals surface area contributed by atoms with Gasteiger partial charge in [0.1, 0.15) is 10.7 Å². The van der Waals surface area contributed by atoms with Crippen molar-refractivity contribution in [2.75, 3.05) is 0 Å². The molecule has 3 rings (SSSR count). The van der Waals surface area contributed by atoms with Crippen LogP contribution >= 0.6 is 11.6 Å². The normalized spacial score (nSPS) is 11.6. The highest BCUT2D eigenvalue weighted by molar-refractivity contribution is 6.31. The first-order valence-corrected chi connectivity index (χ1v) is 9.15. The third kappa shape index (κ3) is 4.28. The lowest BCUT2D eigenvalue weighted by atomic mass is 10.2. The highest BCUT2D eigenvalue weighted by Crippen LogP contribution is 2.22. The van der Waals surface area contributed by atoms with Gasteiger partial charge in [-0.05, 0) is 31.1 Å². The molecule has 0 saturated heterocycles. The second kappa shape index (κ2) is 8.35. The number of nitrogens with zero attached hydrogens (tertiary/aromatic N) is 5. The van der Waals surface area contributed by atoms with Gasteiger partial charge in [0.25, 0.3) is 5.56 Å². The van der Waals surface area contributed by atoms with Crippen LogP contribution in [0.25, 0.3) is 17.0 Å². The zero-order valence-corrected chi connectivity index (χ0v) is 16.6. The van der Waals surface area contributed by atoms with Crippen molar-refractivity contribution in [2.45, 2.75) is 34.0 Å². The summed E-state index contributed by atoms with van der Waals surface area (Å²) in [6.45, 7) is 6.30. The molecule has 0 aliphatic carbocycles. The van der Waals surface area contributed by atoms with Gasteiger partial charge in [0.05, 0.1) is 11.1 Å². The number of hydrogen-bond donors (Lipinski definition) is 0. The molecule has 0 fully saturated rings. The van der Waals surface area contributed by atoms with Crippen molar-refractivity contribution >= 4 is 34.5 Å². The Hall–Kier alpha value is -3.00. The molecule has 0 spiro atoms. The Morgan fingerprint density at radius 1 is 1.29 bits per heavy atom. The summed E-state index contributed by atoms with van der Waals surface area (Å²) < 4.78 is 7.79. The second-order valence-corrected chi connectivity index (χ2v) is 7.06. The van der Waals surface area contributed by atoms with E-state index in [0.717, 1.165) is 4.68 Å². The first kappa shape index (κ1) is 19.8. The van der Waals surface area contributed by atoms with Gasteiger partial charge in [-0.2, -0.15) is 9.78 Å². The van der Waals surface area contributed by atoms with Crippen LogP contribution in [0.5, 0.6) is 0 Å². The zero-order valence-electron chi connectivity index (χ0n) is 15.8. The van der Waals surface area contributed by atoms with Crippen LogP contribution in [0.3, 0.4) is 0 Å². The van der Waals surface area contributed by atoms with Gasteiger partial charge in [0, 0.05) is 18.2 Å². The van der Waals surface area contributed by atoms with Gasteiger partial charge in [-0.1, -0.05) is 42.8 Å². The van der Waals surface area contributed by atoms with E-state index in [0.29, 0.717) is 39.8 Å². The number of rotatable bonds is 6. The third-order valence-electron chi connectivity index (χ3n) is 3.99. The van der Waals surface area contributed by atoms with Crippen molar-refractivity contribution in [3.05, 3.63) is 57.1 Å². The maximum Gasteiger partial charge on any atom is 0.332 e. The maximum absolute atomic E-state index is 12.3. The largest absolute Gasteiger partial charge is 0.439 e. The molecule has 0 bridgehead atoms. The summed E-state index contributed by atoms with van der Waals surface area (Å²) in [5.41, 5.74) is 1.47. The van der Waals surface area contributed by atoms with Crippen molar-refractivity contribution in [1.29, 1.82) is 0 Å². The molecular formula is C19H20ClN5O3. The molecule has 146 valence electrons. The molecule has 8 nitrogen and oxygen atoms in total. The molecule has 28 heavy (non-hydrogen) atoms. The lowest BCUT2D eigenvalue weighted by Gasteiger charge is -2.05. The number of halogens is 1. The average Bonchev–Trinajstić information content (AvgIpc) is 2.92. The van der Waals surface area contributed by atoms with Gasteiger partial charge in [-0.15, -0.1) is 5.10 Å². The summed E-state index contributed by atoms with van der Waals surface area (Å²) in [5, 5.41) is 13.0. The smallest absolute Gasteiger partial charge is 0.332 e. The molecule has 0 unspecified atom stereocenters. The van der Waals surface area contributed by atoms with Gasteiger partial charge >= 0.3 is 5.97 Å². The topological polar surface area (TPSA) is 91.9 Å². The van der Waals surface area contributed by atoms with E-state index in [1.807, 2.05) is 6.92 Å². The van der Waals surface area contributed by atoms with Crippen molar-refractivity contribution in [3.63, 3.8) is 0 Å². The minimum Gasteiger partial charge on any atom is -0.439 e. The first-order chi connectivity index (χ1) is 13.4. The van der Waals surface area contributed by atoms with E-state index in [1.165, 1.54) is 6.08 Å². The molecule has 0 amide bonds. The number of carbonyl (C=O) groups is 1. The molecule has 2 aromatic heterocycles. The summed E-state index contributed by atoms with van der Waals surface area (Å²) >= 11 is 6.34. The molecule has 0 radical (unpaired) electrons. The first-order valence-electron chi connectivity index (χ1n) is 8.77. The fourth-order valence-electron chi connectivity index (χ4n) is 2.66. The number of esters is 1. The van der Waals surface area contributed by atoms with E-state index in [2.05, 4.69) is 29.3 Å². The van der Waals surface area contributed by atoms with E-state index in [4.69, 9.17) is 16.3 Å². The van der Waals surface area contributed by atoms with Crippen molar-refractivity contribution in [2.24, 2.45) is 5.92 Å². The molecule has 0 atom stereocenters. The molecule has 1 aromatic carbocycles. The average molecular weight is 402 g/mol. The standard InChI is InChI=1S/C19H20ClN5O3/c1-12(2)10-24-18(20)14(13(3)22-24)8-9-17(26)28-11-25-19(27)15-6-4-5-7-16(15)21-23-25/h4-9,12H,10-11H2,1-3H3/b9-8+. The fraction of sp³-hybridized carbons (Fsp3) is 0.316. The molecular weight excluding hydrogens is 382 g/mol. The maximum atomic E-state index is 12.3. The summed E-state index contributed by atoms with van der Waals surface area (Å²) in [7, 11) is 0. The van der Waals surface area contributed by atoms with Crippen LogP contribution in [0, 0.1) is 12.8 Å². The van der Waals surface area contributed by atoms with Gasteiger partial charge < -0.3 is 4.74 Å². The van der Waals surface area contributed by atoms with Crippen LogP contribution in [-0.4, -0.2) is 30.7 Å². The predicted octanol–water partition coefficient (Wildman–Crippen LogP) is 2.82. The Kier molecular flexibility index (Phi) is 5.89. The molecule has 0 N–H and O–H groups in total. The quantitative estimate of drug-likeness (QED) is 0.466. The van der Waals surface area contributed by atoms with E-state index in [1.54, 1.807) is 35.0 Å². The molecule has 2 heterocycles. The number of hydrogen-bond acceptors (Lipinski definition) is 6. The Balaban J connectivity index is 1.69. The Morgan fingerprint density at radius 3 is 2.79 bits per heavy atom. The number of ether oxygens (including phenoxy) is 1. The van der Waals surface area contributed by atoms with Crippen LogP contribution in [0.15, 0.2) is 35.1 Å². The van der Waals surface area contributed by atoms with E-state index >= 15 is 0 Å². The number of carbonyl (C=O) groups excluding carboxylic acids is 1. The SMILES string of the molecule is Cc1nn(CC(C)C)c(Cl)c1/C=C/C(=O)OCn1nnc2ccccc2c1=O. The lowest BCUT2D eigenvalue weighted by Crippen LogP contribution is -2.26. The Bertz CT molecular complexity index is 1100. The number of aryl methyl sites for hydroxylation is 1. The van der Waals surface area contributed by atoms with Crippen LogP contribution in [0.1, 0.15) is 25.1 Å². The van der Waals surface area contributed by atoms with Gasteiger partial charge in [-0.25, -0.2) is 4.79 Å². The fourth-order valence-corrected chi connectivity index (χ4v) is 2.96. The van der Waals surface area contributed by atoms with Crippen molar-refractivity contribution in [1.82, 2.24) is 24.8 Å². The molecule has 0 aliphatic heterocycles. The van der Waals surface area contributed by atoms with Gasteiger partial charge in [0.2, 0.25) is 0 Å². The van der Waals surface area contributed by atoms with Crippen molar-refractivity contribution < 1.29 is 9.53 Å². The Labute approximate surface area is 166 Å². The Morgan fingerprint density at radius 2 is 2.04 bits per heavy atom. The lowest BCUT2D eigenvalue weighted by molar-refractivity contribution is -0.141. The van der Waals surface area contributed by atoms with Crippen molar-refractivity contribution in [3.8, 4) is 0 Å². The van der Waals surface area contributed by atoms with Crippen LogP contribution < -0.4 is 5.56 Å². The molecule has 0 aliphatic rings. The van der Waals surface area contributed by atoms with E-state index < -0.39 is 5.97 Å². The minimum absolute atomic E-state index is 0.334. The summed E-state index contributed by atoms with van der Waals surface area (Å²) in [4.78, 5) is 24.4. The van der Waals surface area contributed by atoms with E-state index in [9.17, 15) is 9.59 Å². The molecule has 0 saturated carbocycles.